The van der Waals surface area contributed by atoms with Crippen molar-refractivity contribution >= 4 is 46.6 Å². The molecular weight excluding hydrogens is 445 g/mol. The van der Waals surface area contributed by atoms with Crippen molar-refractivity contribution in [3.8, 4) is 23.1 Å². The number of hydrogen-bond acceptors (Lipinski definition) is 6. The van der Waals surface area contributed by atoms with Gasteiger partial charge in [-0.25, -0.2) is 0 Å². The molecule has 1 heterocycles. The zero-order valence-corrected chi connectivity index (χ0v) is 17.4. The molecule has 10 heteroatoms. The van der Waals surface area contributed by atoms with E-state index in [0.29, 0.717) is 21.4 Å². The van der Waals surface area contributed by atoms with E-state index in [1.54, 1.807) is 36.4 Å². The predicted molar refractivity (Wildman–Crippen MR) is 116 cm³/mol. The molecule has 0 radical (unpaired) electrons. The smallest absolute Gasteiger partial charge is 0.296 e. The van der Waals surface area contributed by atoms with Crippen molar-refractivity contribution < 1.29 is 18.9 Å². The molecule has 3 aromatic rings. The fraction of sp³-hybridized carbons (Fsp3) is 0.0476. The van der Waals surface area contributed by atoms with Crippen LogP contribution in [-0.2, 0) is 4.79 Å². The Hall–Kier alpha value is -3.80. The summed E-state index contributed by atoms with van der Waals surface area (Å²) >= 11 is 12.2. The molecule has 0 fully saturated rings. The summed E-state index contributed by atoms with van der Waals surface area (Å²) in [6.07, 6.45) is 1.21. The van der Waals surface area contributed by atoms with Crippen LogP contribution in [0.4, 0.5) is 11.4 Å². The summed E-state index contributed by atoms with van der Waals surface area (Å²) in [4.78, 5) is 23.1. The molecule has 2 aromatic carbocycles. The highest BCUT2D eigenvalue weighted by molar-refractivity contribution is 6.35. The van der Waals surface area contributed by atoms with Gasteiger partial charge in [-0.3, -0.25) is 14.9 Å². The molecule has 8 nitrogen and oxygen atoms in total. The third kappa shape index (κ3) is 5.04. The van der Waals surface area contributed by atoms with Crippen LogP contribution in [0, 0.1) is 21.4 Å². The van der Waals surface area contributed by atoms with Gasteiger partial charge in [0.25, 0.3) is 11.6 Å². The predicted octanol–water partition coefficient (Wildman–Crippen LogP) is 5.72. The van der Waals surface area contributed by atoms with Crippen molar-refractivity contribution in [2.45, 2.75) is 0 Å². The summed E-state index contributed by atoms with van der Waals surface area (Å²) in [5.74, 6) is 0.0160. The fourth-order valence-electron chi connectivity index (χ4n) is 2.64. The minimum atomic E-state index is -0.838. The number of nitro benzene ring substituents is 1. The number of methoxy groups -OCH3 is 1. The molecule has 0 aliphatic rings. The summed E-state index contributed by atoms with van der Waals surface area (Å²) in [5.41, 5.74) is -0.225. The summed E-state index contributed by atoms with van der Waals surface area (Å²) < 4.78 is 10.6. The Bertz CT molecular complexity index is 1240. The Morgan fingerprint density at radius 2 is 2.00 bits per heavy atom. The van der Waals surface area contributed by atoms with Gasteiger partial charge in [0.2, 0.25) is 0 Å². The first kappa shape index (κ1) is 21.9. The molecule has 0 aliphatic carbocycles. The number of carbonyl (C=O) groups excluding carboxylic acids is 1. The second-order valence-corrected chi connectivity index (χ2v) is 6.93. The van der Waals surface area contributed by atoms with E-state index in [1.165, 1.54) is 31.4 Å². The van der Waals surface area contributed by atoms with E-state index in [0.717, 1.165) is 0 Å². The number of ether oxygens (including phenoxy) is 1. The fourth-order valence-corrected chi connectivity index (χ4v) is 3.02. The second kappa shape index (κ2) is 9.34. The number of rotatable bonds is 6. The number of halogens is 2. The van der Waals surface area contributed by atoms with Gasteiger partial charge in [0.1, 0.15) is 34.6 Å². The van der Waals surface area contributed by atoms with Crippen LogP contribution < -0.4 is 10.1 Å². The van der Waals surface area contributed by atoms with Crippen molar-refractivity contribution in [1.29, 1.82) is 5.26 Å². The zero-order chi connectivity index (χ0) is 22.5. The van der Waals surface area contributed by atoms with Crippen LogP contribution in [0.25, 0.3) is 17.4 Å². The molecule has 31 heavy (non-hydrogen) atoms. The third-order valence-electron chi connectivity index (χ3n) is 4.12. The summed E-state index contributed by atoms with van der Waals surface area (Å²) in [7, 11) is 1.36. The van der Waals surface area contributed by atoms with E-state index >= 15 is 0 Å². The molecule has 1 amide bonds. The van der Waals surface area contributed by atoms with E-state index in [2.05, 4.69) is 5.32 Å². The van der Waals surface area contributed by atoms with Gasteiger partial charge in [0.05, 0.1) is 23.1 Å². The van der Waals surface area contributed by atoms with Gasteiger partial charge in [-0.2, -0.15) is 5.26 Å². The lowest BCUT2D eigenvalue weighted by atomic mass is 10.2. The Kier molecular flexibility index (Phi) is 6.60. The molecule has 156 valence electrons. The van der Waals surface area contributed by atoms with Crippen molar-refractivity contribution in [2.24, 2.45) is 0 Å². The van der Waals surface area contributed by atoms with E-state index in [9.17, 15) is 20.2 Å². The lowest BCUT2D eigenvalue weighted by Crippen LogP contribution is -2.14. The molecule has 0 atom stereocenters. The molecule has 1 N–H and O–H groups in total. The number of nitro groups is 1. The monoisotopic (exact) mass is 457 g/mol. The van der Waals surface area contributed by atoms with Crippen LogP contribution >= 0.6 is 23.2 Å². The Morgan fingerprint density at radius 3 is 2.68 bits per heavy atom. The Labute approximate surface area is 186 Å². The van der Waals surface area contributed by atoms with E-state index < -0.39 is 10.8 Å². The quantitative estimate of drug-likeness (QED) is 0.219. The van der Waals surface area contributed by atoms with Crippen LogP contribution in [0.2, 0.25) is 10.0 Å². The summed E-state index contributed by atoms with van der Waals surface area (Å²) in [6, 6.07) is 13.7. The van der Waals surface area contributed by atoms with E-state index in [-0.39, 0.29) is 28.5 Å². The molecule has 0 unspecified atom stereocenters. The average Bonchev–Trinajstić information content (AvgIpc) is 3.22. The number of carbonyl (C=O) groups is 1. The minimum absolute atomic E-state index is 0.0807. The lowest BCUT2D eigenvalue weighted by molar-refractivity contribution is -0.384. The topological polar surface area (TPSA) is 118 Å². The number of nitrogens with one attached hydrogen (secondary N) is 1. The van der Waals surface area contributed by atoms with Crippen LogP contribution in [0.5, 0.6) is 5.75 Å². The van der Waals surface area contributed by atoms with Gasteiger partial charge in [-0.15, -0.1) is 0 Å². The number of anilines is 1. The zero-order valence-electron chi connectivity index (χ0n) is 15.9. The third-order valence-corrected chi connectivity index (χ3v) is 4.69. The van der Waals surface area contributed by atoms with Crippen molar-refractivity contribution in [3.05, 3.63) is 80.0 Å². The number of nitrogens with zero attached hydrogens (tertiary/aromatic N) is 2. The highest BCUT2D eigenvalue weighted by atomic mass is 35.5. The number of hydrogen-bond donors (Lipinski definition) is 1. The van der Waals surface area contributed by atoms with Crippen molar-refractivity contribution in [1.82, 2.24) is 0 Å². The van der Waals surface area contributed by atoms with Crippen LogP contribution in [0.1, 0.15) is 5.76 Å². The highest BCUT2D eigenvalue weighted by Gasteiger charge is 2.19. The first-order chi connectivity index (χ1) is 14.8. The average molecular weight is 458 g/mol. The highest BCUT2D eigenvalue weighted by Crippen LogP contribution is 2.33. The normalized spacial score (nSPS) is 11.0. The molecule has 0 bridgehead atoms. The van der Waals surface area contributed by atoms with Crippen LogP contribution in [0.3, 0.4) is 0 Å². The Morgan fingerprint density at radius 1 is 1.23 bits per heavy atom. The molecule has 0 aliphatic heterocycles. The van der Waals surface area contributed by atoms with Gasteiger partial charge in [-0.05, 0) is 42.5 Å². The molecule has 0 saturated carbocycles. The number of benzene rings is 2. The van der Waals surface area contributed by atoms with Gasteiger partial charge in [0.15, 0.2) is 0 Å². The van der Waals surface area contributed by atoms with Gasteiger partial charge >= 0.3 is 0 Å². The van der Waals surface area contributed by atoms with Gasteiger partial charge in [0, 0.05) is 16.7 Å². The molecular formula is C21H13Cl2N3O5. The minimum Gasteiger partial charge on any atom is -0.496 e. The van der Waals surface area contributed by atoms with E-state index in [1.807, 2.05) is 0 Å². The second-order valence-electron chi connectivity index (χ2n) is 6.09. The number of nitriles is 1. The molecule has 0 spiro atoms. The first-order valence-electron chi connectivity index (χ1n) is 8.63. The van der Waals surface area contributed by atoms with Gasteiger partial charge in [-0.1, -0.05) is 23.2 Å². The molecule has 1 aromatic heterocycles. The molecule has 0 saturated heterocycles. The number of amides is 1. The van der Waals surface area contributed by atoms with Crippen molar-refractivity contribution in [3.63, 3.8) is 0 Å². The number of furan rings is 1. The molecule has 3 rings (SSSR count). The van der Waals surface area contributed by atoms with Crippen molar-refractivity contribution in [2.75, 3.05) is 12.4 Å². The van der Waals surface area contributed by atoms with Crippen LogP contribution in [0.15, 0.2) is 58.5 Å². The summed E-state index contributed by atoms with van der Waals surface area (Å²) in [6.45, 7) is 0. The largest absolute Gasteiger partial charge is 0.496 e. The van der Waals surface area contributed by atoms with Gasteiger partial charge < -0.3 is 14.5 Å². The maximum Gasteiger partial charge on any atom is 0.296 e. The first-order valence-corrected chi connectivity index (χ1v) is 9.39. The maximum atomic E-state index is 12.5. The van der Waals surface area contributed by atoms with E-state index in [4.69, 9.17) is 32.4 Å². The summed E-state index contributed by atoms with van der Waals surface area (Å²) in [5, 5.41) is 23.9. The standard InChI is InChI=1S/C21H13Cl2N3O5/c1-30-14-3-6-18(19(10-14)26(28)29)25-21(27)12(11-24)8-15-4-7-20(31-15)16-9-13(22)2-5-17(16)23/h2-10H,1H3,(H,25,27)/b12-8+. The maximum absolute atomic E-state index is 12.5. The SMILES string of the molecule is COc1ccc(NC(=O)/C(C#N)=C/c2ccc(-c3cc(Cl)ccc3Cl)o2)c([N+](=O)[O-])c1. The Balaban J connectivity index is 1.87. The lowest BCUT2D eigenvalue weighted by Gasteiger charge is -2.07. The van der Waals surface area contributed by atoms with Crippen LogP contribution in [-0.4, -0.2) is 17.9 Å².